The summed E-state index contributed by atoms with van der Waals surface area (Å²) in [4.78, 5) is 0. The Kier molecular flexibility index (Phi) is 2.88. The molecule has 1 aromatic carbocycles. The number of hydrogen-bond acceptors (Lipinski definition) is 3. The first-order valence-electron chi connectivity index (χ1n) is 6.48. The van der Waals surface area contributed by atoms with Gasteiger partial charge in [-0.2, -0.15) is 0 Å². The van der Waals surface area contributed by atoms with E-state index in [1.54, 1.807) is 0 Å². The highest BCUT2D eigenvalue weighted by atomic mass is 16.5. The summed E-state index contributed by atoms with van der Waals surface area (Å²) in [6, 6.07) is 8.03. The summed E-state index contributed by atoms with van der Waals surface area (Å²) in [6.45, 7) is 3.37. The van der Waals surface area contributed by atoms with E-state index in [9.17, 15) is 5.11 Å². The van der Waals surface area contributed by atoms with Crippen LogP contribution in [-0.4, -0.2) is 18.3 Å². The predicted octanol–water partition coefficient (Wildman–Crippen LogP) is 3.13. The van der Waals surface area contributed by atoms with E-state index in [2.05, 4.69) is 13.0 Å². The van der Waals surface area contributed by atoms with Gasteiger partial charge in [-0.1, -0.05) is 11.6 Å². The minimum absolute atomic E-state index is 0.590. The van der Waals surface area contributed by atoms with Crippen molar-refractivity contribution in [1.29, 1.82) is 0 Å². The van der Waals surface area contributed by atoms with Gasteiger partial charge in [-0.3, -0.25) is 0 Å². The standard InChI is InChI=1S/C15H18O3/c1-11-3-4-13-12(9-11)10-14(18-13)15(16)5-2-7-17-8-6-15/h3-4,9-10,16H,2,5-8H2,1H3. The van der Waals surface area contributed by atoms with Crippen LogP contribution in [0, 0.1) is 6.92 Å². The third-order valence-corrected chi connectivity index (χ3v) is 3.67. The molecule has 0 saturated carbocycles. The molecule has 0 amide bonds. The summed E-state index contributed by atoms with van der Waals surface area (Å²) < 4.78 is 11.2. The van der Waals surface area contributed by atoms with Crippen molar-refractivity contribution in [2.75, 3.05) is 13.2 Å². The second-order valence-electron chi connectivity index (χ2n) is 5.15. The number of furan rings is 1. The average Bonchev–Trinajstić information content (AvgIpc) is 2.65. The summed E-state index contributed by atoms with van der Waals surface area (Å²) in [5.41, 5.74) is 1.17. The Bertz CT molecular complexity index is 548. The third-order valence-electron chi connectivity index (χ3n) is 3.67. The van der Waals surface area contributed by atoms with E-state index < -0.39 is 5.60 Å². The van der Waals surface area contributed by atoms with Gasteiger partial charge < -0.3 is 14.3 Å². The molecule has 18 heavy (non-hydrogen) atoms. The molecule has 1 aromatic heterocycles. The Morgan fingerprint density at radius 3 is 2.94 bits per heavy atom. The maximum atomic E-state index is 10.7. The van der Waals surface area contributed by atoms with Crippen molar-refractivity contribution in [2.24, 2.45) is 0 Å². The van der Waals surface area contributed by atoms with Crippen molar-refractivity contribution in [3.05, 3.63) is 35.6 Å². The van der Waals surface area contributed by atoms with Gasteiger partial charge in [0.2, 0.25) is 0 Å². The number of benzene rings is 1. The van der Waals surface area contributed by atoms with Crippen molar-refractivity contribution in [1.82, 2.24) is 0 Å². The van der Waals surface area contributed by atoms with Crippen molar-refractivity contribution >= 4 is 11.0 Å². The summed E-state index contributed by atoms with van der Waals surface area (Å²) in [7, 11) is 0. The van der Waals surface area contributed by atoms with Gasteiger partial charge in [0.25, 0.3) is 0 Å². The number of fused-ring (bicyclic) bond motifs is 1. The van der Waals surface area contributed by atoms with E-state index in [0.717, 1.165) is 24.0 Å². The molecule has 3 nitrogen and oxygen atoms in total. The summed E-state index contributed by atoms with van der Waals surface area (Å²) in [5, 5.41) is 11.8. The SMILES string of the molecule is Cc1ccc2oc(C3(O)CCCOCC3)cc2c1. The van der Waals surface area contributed by atoms with Crippen LogP contribution in [0.5, 0.6) is 0 Å². The molecule has 0 radical (unpaired) electrons. The number of hydrogen-bond donors (Lipinski definition) is 1. The molecule has 1 atom stereocenters. The summed E-state index contributed by atoms with van der Waals surface area (Å²) in [6.07, 6.45) is 2.17. The molecule has 0 spiro atoms. The van der Waals surface area contributed by atoms with Gasteiger partial charge in [0.15, 0.2) is 0 Å². The fraction of sp³-hybridized carbons (Fsp3) is 0.467. The molecule has 1 aliphatic heterocycles. The first-order valence-corrected chi connectivity index (χ1v) is 6.48. The van der Waals surface area contributed by atoms with Gasteiger partial charge >= 0.3 is 0 Å². The number of aliphatic hydroxyl groups is 1. The molecule has 1 N–H and O–H groups in total. The smallest absolute Gasteiger partial charge is 0.136 e. The predicted molar refractivity (Wildman–Crippen MR) is 69.5 cm³/mol. The van der Waals surface area contributed by atoms with Crippen molar-refractivity contribution in [3.8, 4) is 0 Å². The first kappa shape index (κ1) is 11.8. The molecule has 2 aromatic rings. The van der Waals surface area contributed by atoms with Crippen LogP contribution in [0.15, 0.2) is 28.7 Å². The van der Waals surface area contributed by atoms with Crippen LogP contribution in [0.4, 0.5) is 0 Å². The van der Waals surface area contributed by atoms with E-state index in [4.69, 9.17) is 9.15 Å². The molecule has 96 valence electrons. The molecule has 1 aliphatic rings. The van der Waals surface area contributed by atoms with Crippen LogP contribution in [-0.2, 0) is 10.3 Å². The molecule has 2 heterocycles. The molecule has 1 unspecified atom stereocenters. The highest BCUT2D eigenvalue weighted by Gasteiger charge is 2.33. The maximum absolute atomic E-state index is 10.7. The highest BCUT2D eigenvalue weighted by Crippen LogP contribution is 2.35. The van der Waals surface area contributed by atoms with Crippen LogP contribution in [0.2, 0.25) is 0 Å². The lowest BCUT2D eigenvalue weighted by atomic mass is 9.92. The Morgan fingerprint density at radius 2 is 2.06 bits per heavy atom. The normalized spacial score (nSPS) is 25.2. The van der Waals surface area contributed by atoms with Gasteiger partial charge in [0.05, 0.1) is 0 Å². The van der Waals surface area contributed by atoms with Gasteiger partial charge in [-0.15, -0.1) is 0 Å². The van der Waals surface area contributed by atoms with Crippen molar-refractivity contribution < 1.29 is 14.3 Å². The fourth-order valence-electron chi connectivity index (χ4n) is 2.57. The van der Waals surface area contributed by atoms with Gasteiger partial charge in [-0.25, -0.2) is 0 Å². The molecule has 0 bridgehead atoms. The molecule has 3 heteroatoms. The van der Waals surface area contributed by atoms with Crippen LogP contribution in [0.3, 0.4) is 0 Å². The Morgan fingerprint density at radius 1 is 1.17 bits per heavy atom. The Labute approximate surface area is 106 Å². The van der Waals surface area contributed by atoms with Crippen LogP contribution in [0.25, 0.3) is 11.0 Å². The highest BCUT2D eigenvalue weighted by molar-refractivity contribution is 5.78. The minimum atomic E-state index is -0.872. The van der Waals surface area contributed by atoms with E-state index in [-0.39, 0.29) is 0 Å². The molecule has 0 aliphatic carbocycles. The van der Waals surface area contributed by atoms with E-state index in [1.165, 1.54) is 5.56 Å². The first-order chi connectivity index (χ1) is 8.67. The maximum Gasteiger partial charge on any atom is 0.136 e. The van der Waals surface area contributed by atoms with Crippen LogP contribution < -0.4 is 0 Å². The lowest BCUT2D eigenvalue weighted by Gasteiger charge is -2.22. The largest absolute Gasteiger partial charge is 0.458 e. The minimum Gasteiger partial charge on any atom is -0.458 e. The fourth-order valence-corrected chi connectivity index (χ4v) is 2.57. The molecular weight excluding hydrogens is 228 g/mol. The van der Waals surface area contributed by atoms with E-state index in [1.807, 2.05) is 18.2 Å². The van der Waals surface area contributed by atoms with Gasteiger partial charge in [0.1, 0.15) is 16.9 Å². The van der Waals surface area contributed by atoms with Crippen molar-refractivity contribution in [3.63, 3.8) is 0 Å². The molecule has 3 rings (SSSR count). The van der Waals surface area contributed by atoms with Gasteiger partial charge in [0, 0.05) is 25.0 Å². The zero-order valence-corrected chi connectivity index (χ0v) is 10.6. The summed E-state index contributed by atoms with van der Waals surface area (Å²) in [5.74, 6) is 0.675. The lowest BCUT2D eigenvalue weighted by Crippen LogP contribution is -2.25. The van der Waals surface area contributed by atoms with Crippen molar-refractivity contribution in [2.45, 2.75) is 31.8 Å². The zero-order valence-electron chi connectivity index (χ0n) is 10.6. The van der Waals surface area contributed by atoms with Gasteiger partial charge in [-0.05, 0) is 38.0 Å². The topological polar surface area (TPSA) is 42.6 Å². The van der Waals surface area contributed by atoms with E-state index in [0.29, 0.717) is 25.2 Å². The average molecular weight is 246 g/mol. The number of aryl methyl sites for hydroxylation is 1. The van der Waals surface area contributed by atoms with E-state index >= 15 is 0 Å². The van der Waals surface area contributed by atoms with Crippen LogP contribution >= 0.6 is 0 Å². The van der Waals surface area contributed by atoms with Crippen LogP contribution in [0.1, 0.15) is 30.6 Å². The number of ether oxygens (including phenoxy) is 1. The lowest BCUT2D eigenvalue weighted by molar-refractivity contribution is -0.00381. The molecular formula is C15H18O3. The Hall–Kier alpha value is -1.32. The number of rotatable bonds is 1. The zero-order chi connectivity index (χ0) is 12.6. The molecule has 1 saturated heterocycles. The second-order valence-corrected chi connectivity index (χ2v) is 5.15. The quantitative estimate of drug-likeness (QED) is 0.840. The Balaban J connectivity index is 2.02. The molecule has 1 fully saturated rings. The summed E-state index contributed by atoms with van der Waals surface area (Å²) >= 11 is 0. The monoisotopic (exact) mass is 246 g/mol. The second kappa shape index (κ2) is 4.41. The third kappa shape index (κ3) is 2.04.